The molecule has 0 saturated heterocycles. The highest BCUT2D eigenvalue weighted by Gasteiger charge is 2.15. The van der Waals surface area contributed by atoms with Crippen LogP contribution in [-0.4, -0.2) is 33.4 Å². The molecule has 2 aromatic rings. The second kappa shape index (κ2) is 9.67. The molecular formula is C19H22N4O4S. The van der Waals surface area contributed by atoms with Gasteiger partial charge < -0.3 is 16.0 Å². The Labute approximate surface area is 164 Å². The number of nitrogens with one attached hydrogen (secondary N) is 4. The molecule has 0 fully saturated rings. The van der Waals surface area contributed by atoms with Gasteiger partial charge in [-0.2, -0.15) is 0 Å². The standard InChI is InChI=1S/C19H22N4O4S/c1-3-11-21-28(26,27)17-10-5-7-14(12-17)18(24)22-15-8-6-9-16(13-15)23-19(25)20-4-2/h3,5-10,12-13,21H,1,4,11H2,2H3,(H,22,24)(H2,20,23,25). The molecule has 2 rings (SSSR count). The van der Waals surface area contributed by atoms with Crippen LogP contribution in [0, 0.1) is 0 Å². The number of benzene rings is 2. The average molecular weight is 402 g/mol. The Morgan fingerprint density at radius 3 is 2.39 bits per heavy atom. The summed E-state index contributed by atoms with van der Waals surface area (Å²) in [6.45, 7) is 5.84. The predicted octanol–water partition coefficient (Wildman–Crippen LogP) is 2.54. The molecule has 0 unspecified atom stereocenters. The van der Waals surface area contributed by atoms with Crippen molar-refractivity contribution >= 4 is 33.3 Å². The van der Waals surface area contributed by atoms with Crippen LogP contribution in [0.1, 0.15) is 17.3 Å². The van der Waals surface area contributed by atoms with Gasteiger partial charge in [-0.15, -0.1) is 6.58 Å². The van der Waals surface area contributed by atoms with Crippen LogP contribution in [-0.2, 0) is 10.0 Å². The maximum absolute atomic E-state index is 12.5. The van der Waals surface area contributed by atoms with Crippen LogP contribution in [0.4, 0.5) is 16.2 Å². The van der Waals surface area contributed by atoms with Crippen molar-refractivity contribution in [3.63, 3.8) is 0 Å². The van der Waals surface area contributed by atoms with Gasteiger partial charge in [0.25, 0.3) is 5.91 Å². The Hall–Kier alpha value is -3.17. The fraction of sp³-hybridized carbons (Fsp3) is 0.158. The van der Waals surface area contributed by atoms with Crippen LogP contribution in [0.25, 0.3) is 0 Å². The first-order chi connectivity index (χ1) is 13.4. The highest BCUT2D eigenvalue weighted by molar-refractivity contribution is 7.89. The van der Waals surface area contributed by atoms with E-state index in [0.29, 0.717) is 17.9 Å². The minimum atomic E-state index is -3.73. The molecule has 4 N–H and O–H groups in total. The molecule has 0 aliphatic rings. The summed E-state index contributed by atoms with van der Waals surface area (Å²) in [5, 5.41) is 7.94. The number of sulfonamides is 1. The molecule has 0 spiro atoms. The molecule has 2 aromatic carbocycles. The summed E-state index contributed by atoms with van der Waals surface area (Å²) in [5.74, 6) is -0.476. The Morgan fingerprint density at radius 1 is 1.04 bits per heavy atom. The molecule has 9 heteroatoms. The van der Waals surface area contributed by atoms with E-state index in [2.05, 4.69) is 27.3 Å². The molecule has 0 aliphatic heterocycles. The van der Waals surface area contributed by atoms with Gasteiger partial charge in [-0.3, -0.25) is 4.79 Å². The van der Waals surface area contributed by atoms with Gasteiger partial charge in [-0.05, 0) is 43.3 Å². The third kappa shape index (κ3) is 5.93. The normalized spacial score (nSPS) is 10.8. The summed E-state index contributed by atoms with van der Waals surface area (Å²) < 4.78 is 26.7. The lowest BCUT2D eigenvalue weighted by Crippen LogP contribution is -2.28. The molecule has 148 valence electrons. The van der Waals surface area contributed by atoms with Crippen LogP contribution >= 0.6 is 0 Å². The average Bonchev–Trinajstić information content (AvgIpc) is 2.67. The molecule has 3 amide bonds. The molecule has 0 radical (unpaired) electrons. The van der Waals surface area contributed by atoms with Crippen molar-refractivity contribution in [2.24, 2.45) is 0 Å². The van der Waals surface area contributed by atoms with Gasteiger partial charge in [-0.25, -0.2) is 17.9 Å². The number of urea groups is 1. The first-order valence-corrected chi connectivity index (χ1v) is 10.0. The van der Waals surface area contributed by atoms with Crippen molar-refractivity contribution in [1.29, 1.82) is 0 Å². The molecular weight excluding hydrogens is 380 g/mol. The number of rotatable bonds is 8. The van der Waals surface area contributed by atoms with Gasteiger partial charge >= 0.3 is 6.03 Å². The zero-order chi connectivity index (χ0) is 20.6. The van der Waals surface area contributed by atoms with E-state index in [1.165, 1.54) is 30.3 Å². The van der Waals surface area contributed by atoms with Crippen LogP contribution in [0.2, 0.25) is 0 Å². The summed E-state index contributed by atoms with van der Waals surface area (Å²) in [6, 6.07) is 12.0. The number of hydrogen-bond donors (Lipinski definition) is 4. The van der Waals surface area contributed by atoms with Crippen molar-refractivity contribution in [2.75, 3.05) is 23.7 Å². The minimum absolute atomic E-state index is 0.0198. The largest absolute Gasteiger partial charge is 0.338 e. The molecule has 0 aromatic heterocycles. The van der Waals surface area contributed by atoms with E-state index in [1.807, 2.05) is 0 Å². The van der Waals surface area contributed by atoms with E-state index >= 15 is 0 Å². The topological polar surface area (TPSA) is 116 Å². The maximum atomic E-state index is 12.5. The van der Waals surface area contributed by atoms with Crippen molar-refractivity contribution in [2.45, 2.75) is 11.8 Å². The number of carbonyl (C=O) groups excluding carboxylic acids is 2. The van der Waals surface area contributed by atoms with E-state index in [4.69, 9.17) is 0 Å². The van der Waals surface area contributed by atoms with Gasteiger partial charge in [0.15, 0.2) is 0 Å². The zero-order valence-electron chi connectivity index (χ0n) is 15.4. The quantitative estimate of drug-likeness (QED) is 0.508. The highest BCUT2D eigenvalue weighted by Crippen LogP contribution is 2.17. The second-order valence-electron chi connectivity index (χ2n) is 5.69. The van der Waals surface area contributed by atoms with Crippen LogP contribution in [0.3, 0.4) is 0 Å². The SMILES string of the molecule is C=CCNS(=O)(=O)c1cccc(C(=O)Nc2cccc(NC(=O)NCC)c2)c1. The maximum Gasteiger partial charge on any atom is 0.319 e. The zero-order valence-corrected chi connectivity index (χ0v) is 16.2. The number of hydrogen-bond acceptors (Lipinski definition) is 4. The molecule has 0 bridgehead atoms. The summed E-state index contributed by atoms with van der Waals surface area (Å²) in [6.07, 6.45) is 1.43. The van der Waals surface area contributed by atoms with Gasteiger partial charge in [0, 0.05) is 30.0 Å². The number of carbonyl (C=O) groups is 2. The molecule has 0 atom stereocenters. The van der Waals surface area contributed by atoms with Crippen LogP contribution < -0.4 is 20.7 Å². The fourth-order valence-electron chi connectivity index (χ4n) is 2.27. The Kier molecular flexibility index (Phi) is 7.30. The van der Waals surface area contributed by atoms with E-state index in [-0.39, 0.29) is 23.0 Å². The van der Waals surface area contributed by atoms with Gasteiger partial charge in [0.05, 0.1) is 4.90 Å². The lowest BCUT2D eigenvalue weighted by atomic mass is 10.2. The third-order valence-corrected chi connectivity index (χ3v) is 4.96. The summed E-state index contributed by atoms with van der Waals surface area (Å²) in [7, 11) is -3.73. The van der Waals surface area contributed by atoms with Gasteiger partial charge in [0.2, 0.25) is 10.0 Å². The molecule has 0 aliphatic carbocycles. The summed E-state index contributed by atoms with van der Waals surface area (Å²) >= 11 is 0. The Balaban J connectivity index is 2.14. The predicted molar refractivity (Wildman–Crippen MR) is 109 cm³/mol. The number of amides is 3. The second-order valence-corrected chi connectivity index (χ2v) is 7.45. The van der Waals surface area contributed by atoms with Crippen LogP contribution in [0.15, 0.2) is 66.1 Å². The van der Waals surface area contributed by atoms with E-state index in [9.17, 15) is 18.0 Å². The Morgan fingerprint density at radius 2 is 1.71 bits per heavy atom. The van der Waals surface area contributed by atoms with E-state index < -0.39 is 15.9 Å². The van der Waals surface area contributed by atoms with Crippen molar-refractivity contribution in [3.05, 3.63) is 66.7 Å². The highest BCUT2D eigenvalue weighted by atomic mass is 32.2. The summed E-state index contributed by atoms with van der Waals surface area (Å²) in [4.78, 5) is 24.1. The van der Waals surface area contributed by atoms with Crippen molar-refractivity contribution in [3.8, 4) is 0 Å². The van der Waals surface area contributed by atoms with E-state index in [0.717, 1.165) is 0 Å². The molecule has 0 heterocycles. The fourth-order valence-corrected chi connectivity index (χ4v) is 3.31. The van der Waals surface area contributed by atoms with Crippen molar-refractivity contribution < 1.29 is 18.0 Å². The minimum Gasteiger partial charge on any atom is -0.338 e. The van der Waals surface area contributed by atoms with Crippen LogP contribution in [0.5, 0.6) is 0 Å². The third-order valence-electron chi connectivity index (χ3n) is 3.54. The lowest BCUT2D eigenvalue weighted by molar-refractivity contribution is 0.102. The Bertz CT molecular complexity index is 973. The summed E-state index contributed by atoms with van der Waals surface area (Å²) in [5.41, 5.74) is 1.15. The van der Waals surface area contributed by atoms with Crippen molar-refractivity contribution in [1.82, 2.24) is 10.0 Å². The lowest BCUT2D eigenvalue weighted by Gasteiger charge is -2.10. The molecule has 28 heavy (non-hydrogen) atoms. The smallest absolute Gasteiger partial charge is 0.319 e. The first kappa shape index (κ1) is 21.1. The first-order valence-electron chi connectivity index (χ1n) is 8.52. The van der Waals surface area contributed by atoms with Gasteiger partial charge in [-0.1, -0.05) is 18.2 Å². The monoisotopic (exact) mass is 402 g/mol. The molecule has 8 nitrogen and oxygen atoms in total. The number of anilines is 2. The molecule has 0 saturated carbocycles. The van der Waals surface area contributed by atoms with Gasteiger partial charge in [0.1, 0.15) is 0 Å². The van der Waals surface area contributed by atoms with E-state index in [1.54, 1.807) is 31.2 Å².